The highest BCUT2D eigenvalue weighted by molar-refractivity contribution is 6.38. The van der Waals surface area contributed by atoms with Gasteiger partial charge in [0.05, 0.1) is 0 Å². The zero-order chi connectivity index (χ0) is 11.6. The van der Waals surface area contributed by atoms with Crippen LogP contribution in [0.1, 0.15) is 78.6 Å². The van der Waals surface area contributed by atoms with E-state index in [1.807, 2.05) is 0 Å². The van der Waals surface area contributed by atoms with E-state index >= 15 is 0 Å². The average Bonchev–Trinajstić information content (AvgIpc) is 2.29. The van der Waals surface area contributed by atoms with Crippen molar-refractivity contribution in [2.24, 2.45) is 0 Å². The van der Waals surface area contributed by atoms with E-state index in [1.165, 1.54) is 57.8 Å². The smallest absolute Gasteiger partial charge is 0.0240 e. The van der Waals surface area contributed by atoms with Gasteiger partial charge in [-0.25, -0.2) is 0 Å². The molecule has 0 atom stereocenters. The predicted octanol–water partition coefficient (Wildman–Crippen LogP) is 4.93. The second kappa shape index (κ2) is 9.44. The molecule has 0 aromatic rings. The van der Waals surface area contributed by atoms with E-state index in [9.17, 15) is 0 Å². The van der Waals surface area contributed by atoms with Gasteiger partial charge in [-0.2, -0.15) is 0 Å². The maximum atomic E-state index is 2.54. The van der Waals surface area contributed by atoms with Crippen LogP contribution in [0.5, 0.6) is 0 Å². The van der Waals surface area contributed by atoms with Gasteiger partial charge in [0, 0.05) is 9.52 Å². The SMILES string of the molecule is CCCCC(CCCC)(CCCC)[SiH2]C. The fourth-order valence-electron chi connectivity index (χ4n) is 2.56. The van der Waals surface area contributed by atoms with Crippen molar-refractivity contribution in [2.45, 2.75) is 90.1 Å². The summed E-state index contributed by atoms with van der Waals surface area (Å²) in [7, 11) is 0.160. The molecule has 0 fully saturated rings. The summed E-state index contributed by atoms with van der Waals surface area (Å²) in [5.41, 5.74) is 0. The topological polar surface area (TPSA) is 0 Å². The quantitative estimate of drug-likeness (QED) is 0.465. The summed E-state index contributed by atoms with van der Waals surface area (Å²) in [6.45, 7) is 9.55. The lowest BCUT2D eigenvalue weighted by Gasteiger charge is -2.33. The first kappa shape index (κ1) is 15.2. The third-order valence-corrected chi connectivity index (χ3v) is 6.49. The fraction of sp³-hybridized carbons (Fsp3) is 1.00. The Balaban J connectivity index is 4.16. The Morgan fingerprint density at radius 2 is 1.07 bits per heavy atom. The van der Waals surface area contributed by atoms with Crippen LogP contribution in [-0.4, -0.2) is 9.52 Å². The highest BCUT2D eigenvalue weighted by Gasteiger charge is 2.25. The normalized spacial score (nSPS) is 12.8. The minimum atomic E-state index is 0.160. The summed E-state index contributed by atoms with van der Waals surface area (Å²) in [4.78, 5) is 0. The molecule has 0 heterocycles. The summed E-state index contributed by atoms with van der Waals surface area (Å²) in [5.74, 6) is 0. The van der Waals surface area contributed by atoms with Crippen LogP contribution in [-0.2, 0) is 0 Å². The molecule has 0 amide bonds. The molecule has 15 heavy (non-hydrogen) atoms. The van der Waals surface area contributed by atoms with Crippen molar-refractivity contribution in [1.29, 1.82) is 0 Å². The lowest BCUT2D eigenvalue weighted by Crippen LogP contribution is -2.19. The molecule has 0 aromatic heterocycles. The maximum absolute atomic E-state index is 2.54. The van der Waals surface area contributed by atoms with Crippen molar-refractivity contribution in [3.8, 4) is 0 Å². The van der Waals surface area contributed by atoms with Crippen LogP contribution < -0.4 is 0 Å². The molecule has 0 unspecified atom stereocenters. The van der Waals surface area contributed by atoms with E-state index in [1.54, 1.807) is 0 Å². The van der Waals surface area contributed by atoms with Crippen molar-refractivity contribution in [2.75, 3.05) is 0 Å². The molecule has 0 N–H and O–H groups in total. The number of rotatable bonds is 10. The lowest BCUT2D eigenvalue weighted by atomic mass is 9.89. The molecule has 0 nitrogen and oxygen atoms in total. The highest BCUT2D eigenvalue weighted by atomic mass is 28.2. The molecule has 0 aliphatic heterocycles. The van der Waals surface area contributed by atoms with E-state index in [0.29, 0.717) is 0 Å². The minimum absolute atomic E-state index is 0.160. The summed E-state index contributed by atoms with van der Waals surface area (Å²) in [6, 6.07) is 0. The van der Waals surface area contributed by atoms with Crippen LogP contribution in [0, 0.1) is 0 Å². The molecule has 92 valence electrons. The molecule has 0 rings (SSSR count). The highest BCUT2D eigenvalue weighted by Crippen LogP contribution is 2.42. The summed E-state index contributed by atoms with van der Waals surface area (Å²) in [5, 5.41) is 0.835. The first-order valence-electron chi connectivity index (χ1n) is 7.24. The number of hydrogen-bond donors (Lipinski definition) is 0. The standard InChI is InChI=1S/C14H32Si/c1-5-8-11-14(15-4,12-9-6-2)13-10-7-3/h5-13,15H2,1-4H3. The number of hydrogen-bond acceptors (Lipinski definition) is 0. The van der Waals surface area contributed by atoms with Crippen molar-refractivity contribution in [1.82, 2.24) is 0 Å². The van der Waals surface area contributed by atoms with Gasteiger partial charge in [0.1, 0.15) is 0 Å². The zero-order valence-electron chi connectivity index (χ0n) is 11.6. The van der Waals surface area contributed by atoms with Gasteiger partial charge in [-0.3, -0.25) is 0 Å². The average molecular weight is 228 g/mol. The molecular weight excluding hydrogens is 196 g/mol. The predicted molar refractivity (Wildman–Crippen MR) is 75.7 cm³/mol. The number of unbranched alkanes of at least 4 members (excludes halogenated alkanes) is 3. The second-order valence-corrected chi connectivity index (χ2v) is 7.37. The maximum Gasteiger partial charge on any atom is 0.0240 e. The summed E-state index contributed by atoms with van der Waals surface area (Å²) >= 11 is 0. The molecule has 0 saturated carbocycles. The third kappa shape index (κ3) is 6.39. The first-order valence-corrected chi connectivity index (χ1v) is 9.36. The Morgan fingerprint density at radius 3 is 1.27 bits per heavy atom. The van der Waals surface area contributed by atoms with Crippen molar-refractivity contribution >= 4 is 9.52 Å². The molecule has 0 aliphatic rings. The van der Waals surface area contributed by atoms with Gasteiger partial charge in [-0.15, -0.1) is 0 Å². The molecule has 0 spiro atoms. The van der Waals surface area contributed by atoms with Crippen molar-refractivity contribution in [3.05, 3.63) is 0 Å². The Labute approximate surface area is 100 Å². The van der Waals surface area contributed by atoms with Crippen LogP contribution in [0.25, 0.3) is 0 Å². The van der Waals surface area contributed by atoms with Crippen LogP contribution in [0.2, 0.25) is 11.6 Å². The van der Waals surface area contributed by atoms with Gasteiger partial charge < -0.3 is 0 Å². The monoisotopic (exact) mass is 228 g/mol. The van der Waals surface area contributed by atoms with Crippen LogP contribution in [0.3, 0.4) is 0 Å². The van der Waals surface area contributed by atoms with E-state index in [0.717, 1.165) is 5.04 Å². The Morgan fingerprint density at radius 1 is 0.733 bits per heavy atom. The zero-order valence-corrected chi connectivity index (χ0v) is 13.0. The van der Waals surface area contributed by atoms with Gasteiger partial charge in [0.15, 0.2) is 0 Å². The molecule has 0 aliphatic carbocycles. The molecule has 1 heteroatoms. The molecule has 0 bridgehead atoms. The lowest BCUT2D eigenvalue weighted by molar-refractivity contribution is 0.399. The van der Waals surface area contributed by atoms with Gasteiger partial charge >= 0.3 is 0 Å². The van der Waals surface area contributed by atoms with Gasteiger partial charge in [-0.1, -0.05) is 85.1 Å². The van der Waals surface area contributed by atoms with Crippen molar-refractivity contribution < 1.29 is 0 Å². The Bertz CT molecular complexity index is 110. The second-order valence-electron chi connectivity index (χ2n) is 5.16. The molecular formula is C14H32Si. The Hall–Kier alpha value is 0.217. The first-order chi connectivity index (χ1) is 7.24. The van der Waals surface area contributed by atoms with E-state index in [2.05, 4.69) is 27.3 Å². The van der Waals surface area contributed by atoms with Crippen LogP contribution >= 0.6 is 0 Å². The molecule has 0 radical (unpaired) electrons. The van der Waals surface area contributed by atoms with Gasteiger partial charge in [-0.05, 0) is 5.04 Å². The van der Waals surface area contributed by atoms with Crippen LogP contribution in [0.4, 0.5) is 0 Å². The van der Waals surface area contributed by atoms with E-state index in [4.69, 9.17) is 0 Å². The third-order valence-electron chi connectivity index (χ3n) is 3.93. The molecule has 0 saturated heterocycles. The fourth-order valence-corrected chi connectivity index (χ4v) is 4.37. The minimum Gasteiger partial charge on any atom is -0.0744 e. The van der Waals surface area contributed by atoms with Crippen molar-refractivity contribution in [3.63, 3.8) is 0 Å². The van der Waals surface area contributed by atoms with E-state index < -0.39 is 0 Å². The summed E-state index contributed by atoms with van der Waals surface area (Å²) < 4.78 is 0. The largest absolute Gasteiger partial charge is 0.0744 e. The van der Waals surface area contributed by atoms with Crippen LogP contribution in [0.15, 0.2) is 0 Å². The van der Waals surface area contributed by atoms with E-state index in [-0.39, 0.29) is 9.52 Å². The Kier molecular flexibility index (Phi) is 9.58. The van der Waals surface area contributed by atoms with Gasteiger partial charge in [0.25, 0.3) is 0 Å². The summed E-state index contributed by atoms with van der Waals surface area (Å²) in [6.07, 6.45) is 13.2. The molecule has 0 aromatic carbocycles. The van der Waals surface area contributed by atoms with Gasteiger partial charge in [0.2, 0.25) is 0 Å².